The second kappa shape index (κ2) is 18.7. The van der Waals surface area contributed by atoms with Gasteiger partial charge in [0.2, 0.25) is 0 Å². The Balaban J connectivity index is 1.89. The van der Waals surface area contributed by atoms with E-state index in [1.807, 2.05) is 12.1 Å². The predicted octanol–water partition coefficient (Wildman–Crippen LogP) is 9.19. The number of rotatable bonds is 19. The Morgan fingerprint density at radius 1 is 0.833 bits per heavy atom. The minimum absolute atomic E-state index is 0.00325. The van der Waals surface area contributed by atoms with Gasteiger partial charge in [0, 0.05) is 5.02 Å². The smallest absolute Gasteiger partial charge is 0.0992 e. The third-order valence-electron chi connectivity index (χ3n) is 5.70. The number of hydrogen-bond donors (Lipinski definition) is 0. The molecule has 1 rings (SSSR count). The lowest BCUT2D eigenvalue weighted by Gasteiger charge is -2.13. The van der Waals surface area contributed by atoms with Crippen LogP contribution in [0, 0.1) is 18.3 Å². The molecule has 0 saturated carbocycles. The fourth-order valence-corrected chi connectivity index (χ4v) is 4.10. The predicted molar refractivity (Wildman–Crippen MR) is 130 cm³/mol. The molecule has 0 saturated heterocycles. The number of hydrogen-bond acceptors (Lipinski definition) is 2. The zero-order valence-electron chi connectivity index (χ0n) is 19.3. The first-order chi connectivity index (χ1) is 14.7. The highest BCUT2D eigenvalue weighted by Crippen LogP contribution is 2.18. The summed E-state index contributed by atoms with van der Waals surface area (Å²) in [5.74, 6) is 0. The van der Waals surface area contributed by atoms with E-state index in [1.54, 1.807) is 6.07 Å². The van der Waals surface area contributed by atoms with Gasteiger partial charge in [-0.05, 0) is 37.1 Å². The van der Waals surface area contributed by atoms with Crippen molar-refractivity contribution < 1.29 is 4.74 Å². The van der Waals surface area contributed by atoms with Gasteiger partial charge in [-0.2, -0.15) is 5.26 Å². The fourth-order valence-electron chi connectivity index (χ4n) is 3.84. The van der Waals surface area contributed by atoms with E-state index in [0.717, 1.165) is 12.0 Å². The van der Waals surface area contributed by atoms with Gasteiger partial charge in [-0.3, -0.25) is 0 Å². The van der Waals surface area contributed by atoms with Gasteiger partial charge in [-0.15, -0.1) is 0 Å². The first-order valence-electron chi connectivity index (χ1n) is 12.3. The Bertz CT molecular complexity index is 581. The van der Waals surface area contributed by atoms with Crippen LogP contribution in [0.4, 0.5) is 0 Å². The lowest BCUT2D eigenvalue weighted by molar-refractivity contribution is 0.0628. The molecule has 0 N–H and O–H groups in total. The van der Waals surface area contributed by atoms with Crippen LogP contribution in [0.2, 0.25) is 5.02 Å². The molecule has 2 nitrogen and oxygen atoms in total. The third-order valence-corrected chi connectivity index (χ3v) is 5.92. The van der Waals surface area contributed by atoms with E-state index < -0.39 is 0 Å². The summed E-state index contributed by atoms with van der Waals surface area (Å²) in [6, 6.07) is 7.47. The van der Waals surface area contributed by atoms with Crippen LogP contribution in [0.5, 0.6) is 0 Å². The normalized spacial score (nSPS) is 12.1. The molecule has 1 aromatic rings. The second-order valence-electron chi connectivity index (χ2n) is 8.63. The number of unbranched alkanes of at least 4 members (excludes halogenated alkanes) is 14. The Labute approximate surface area is 191 Å². The maximum atomic E-state index is 9.00. The monoisotopic (exact) mass is 432 g/mol. The van der Waals surface area contributed by atoms with Gasteiger partial charge in [0.25, 0.3) is 0 Å². The number of nitriles is 1. The standard InChI is InChI=1S/C27H43ClNO/c1-3-4-5-6-7-8-9-10-11-12-13-14-15-16-17-18-24(2)30-23-26-19-25(22-29)20-27(28)21-26/h19-21,24H,2-18,23H2,1H3/t24-/m1/s1. The molecule has 0 amide bonds. The summed E-state index contributed by atoms with van der Waals surface area (Å²) in [6.07, 6.45) is 21.7. The summed E-state index contributed by atoms with van der Waals surface area (Å²) in [5.41, 5.74) is 1.51. The van der Waals surface area contributed by atoms with Gasteiger partial charge in [0.1, 0.15) is 0 Å². The van der Waals surface area contributed by atoms with Crippen molar-refractivity contribution >= 4 is 11.6 Å². The van der Waals surface area contributed by atoms with Crippen LogP contribution in [0.3, 0.4) is 0 Å². The van der Waals surface area contributed by atoms with Gasteiger partial charge < -0.3 is 4.74 Å². The van der Waals surface area contributed by atoms with Crippen LogP contribution >= 0.6 is 11.6 Å². The molecule has 169 valence electrons. The average Bonchev–Trinajstić information content (AvgIpc) is 2.74. The lowest BCUT2D eigenvalue weighted by Crippen LogP contribution is -2.08. The summed E-state index contributed by atoms with van der Waals surface area (Å²) >= 11 is 6.03. The van der Waals surface area contributed by atoms with Crippen molar-refractivity contribution in [2.45, 2.75) is 122 Å². The van der Waals surface area contributed by atoms with Crippen molar-refractivity contribution in [2.75, 3.05) is 0 Å². The molecule has 0 heterocycles. The maximum Gasteiger partial charge on any atom is 0.0992 e. The zero-order valence-corrected chi connectivity index (χ0v) is 20.0. The molecule has 1 radical (unpaired) electrons. The summed E-state index contributed by atoms with van der Waals surface area (Å²) in [4.78, 5) is 0. The van der Waals surface area contributed by atoms with Crippen molar-refractivity contribution in [1.82, 2.24) is 0 Å². The first-order valence-corrected chi connectivity index (χ1v) is 12.7. The Kier molecular flexibility index (Phi) is 16.8. The summed E-state index contributed by atoms with van der Waals surface area (Å²) in [7, 11) is 0. The van der Waals surface area contributed by atoms with Crippen molar-refractivity contribution in [2.24, 2.45) is 0 Å². The minimum atomic E-state index is -0.00325. The van der Waals surface area contributed by atoms with E-state index in [-0.39, 0.29) is 6.10 Å². The molecule has 0 aliphatic rings. The number of ether oxygens (including phenoxy) is 1. The highest BCUT2D eigenvalue weighted by atomic mass is 35.5. The molecule has 0 bridgehead atoms. The highest BCUT2D eigenvalue weighted by molar-refractivity contribution is 6.30. The topological polar surface area (TPSA) is 33.0 Å². The quantitative estimate of drug-likeness (QED) is 0.204. The molecule has 0 aliphatic heterocycles. The number of benzene rings is 1. The molecule has 0 fully saturated rings. The molecule has 3 heteroatoms. The van der Waals surface area contributed by atoms with E-state index in [4.69, 9.17) is 21.6 Å². The number of nitrogens with zero attached hydrogens (tertiary/aromatic N) is 1. The lowest BCUT2D eigenvalue weighted by atomic mass is 10.0. The second-order valence-corrected chi connectivity index (χ2v) is 9.07. The van der Waals surface area contributed by atoms with Gasteiger partial charge in [-0.25, -0.2) is 0 Å². The van der Waals surface area contributed by atoms with E-state index in [0.29, 0.717) is 17.2 Å². The van der Waals surface area contributed by atoms with Gasteiger partial charge in [0.15, 0.2) is 0 Å². The largest absolute Gasteiger partial charge is 0.374 e. The molecule has 0 aromatic heterocycles. The Morgan fingerprint density at radius 3 is 1.83 bits per heavy atom. The summed E-state index contributed by atoms with van der Waals surface area (Å²) in [6.45, 7) is 6.84. The van der Waals surface area contributed by atoms with Crippen molar-refractivity contribution in [3.05, 3.63) is 41.3 Å². The van der Waals surface area contributed by atoms with E-state index >= 15 is 0 Å². The van der Waals surface area contributed by atoms with Gasteiger partial charge >= 0.3 is 0 Å². The molecule has 0 aliphatic carbocycles. The van der Waals surface area contributed by atoms with Gasteiger partial charge in [-0.1, -0.05) is 115 Å². The molecular weight excluding hydrogens is 390 g/mol. The zero-order chi connectivity index (χ0) is 21.9. The number of halogens is 1. The molecule has 0 spiro atoms. The Morgan fingerprint density at radius 2 is 1.33 bits per heavy atom. The van der Waals surface area contributed by atoms with E-state index in [1.165, 1.54) is 96.3 Å². The fraction of sp³-hybridized carbons (Fsp3) is 0.704. The molecule has 30 heavy (non-hydrogen) atoms. The van der Waals surface area contributed by atoms with Crippen molar-refractivity contribution in [3.8, 4) is 6.07 Å². The first kappa shape index (κ1) is 27.0. The van der Waals surface area contributed by atoms with Crippen LogP contribution < -0.4 is 0 Å². The molecule has 0 unspecified atom stereocenters. The maximum absolute atomic E-state index is 9.00. The minimum Gasteiger partial charge on any atom is -0.374 e. The third kappa shape index (κ3) is 14.9. The van der Waals surface area contributed by atoms with Gasteiger partial charge in [0.05, 0.1) is 24.3 Å². The summed E-state index contributed by atoms with van der Waals surface area (Å²) in [5, 5.41) is 9.58. The van der Waals surface area contributed by atoms with Crippen LogP contribution in [0.15, 0.2) is 18.2 Å². The molecule has 1 atom stereocenters. The van der Waals surface area contributed by atoms with E-state index in [9.17, 15) is 0 Å². The SMILES string of the molecule is [CH2][C@H](CCCCCCCCCCCCCCCCC)OCc1cc(Cl)cc(C#N)c1. The van der Waals surface area contributed by atoms with Crippen LogP contribution in [-0.4, -0.2) is 6.10 Å². The van der Waals surface area contributed by atoms with E-state index in [2.05, 4.69) is 19.9 Å². The molecular formula is C27H43ClNO. The summed E-state index contributed by atoms with van der Waals surface area (Å²) < 4.78 is 5.82. The van der Waals surface area contributed by atoms with Crippen LogP contribution in [-0.2, 0) is 11.3 Å². The van der Waals surface area contributed by atoms with Crippen molar-refractivity contribution in [3.63, 3.8) is 0 Å². The average molecular weight is 433 g/mol. The Hall–Kier alpha value is -1.04. The highest BCUT2D eigenvalue weighted by Gasteiger charge is 2.05. The van der Waals surface area contributed by atoms with Crippen LogP contribution in [0.25, 0.3) is 0 Å². The van der Waals surface area contributed by atoms with Crippen LogP contribution in [0.1, 0.15) is 121 Å². The molecule has 1 aromatic carbocycles. The van der Waals surface area contributed by atoms with Crippen molar-refractivity contribution in [1.29, 1.82) is 5.26 Å².